The van der Waals surface area contributed by atoms with Gasteiger partial charge in [0.25, 0.3) is 0 Å². The van der Waals surface area contributed by atoms with Gasteiger partial charge in [-0.3, -0.25) is 4.79 Å². The first-order valence-corrected chi connectivity index (χ1v) is 8.60. The monoisotopic (exact) mass is 304 g/mol. The molecule has 1 amide bonds. The molecule has 0 spiro atoms. The number of amides is 1. The van der Waals surface area contributed by atoms with E-state index in [1.165, 1.54) is 16.8 Å². The molecule has 0 bridgehead atoms. The van der Waals surface area contributed by atoms with Gasteiger partial charge in [-0.05, 0) is 29.4 Å². The van der Waals surface area contributed by atoms with Crippen molar-refractivity contribution in [3.8, 4) is 0 Å². The van der Waals surface area contributed by atoms with Gasteiger partial charge in [0.05, 0.1) is 0 Å². The average molecular weight is 304 g/mol. The van der Waals surface area contributed by atoms with E-state index in [4.69, 9.17) is 0 Å². The molecule has 1 aromatic rings. The van der Waals surface area contributed by atoms with E-state index in [1.807, 2.05) is 0 Å². The SMILES string of the molecule is CCCCNC(=O)CCNc1c(C(C)C)cccc1C(C)C. The Balaban J connectivity index is 2.66. The second-order valence-corrected chi connectivity index (χ2v) is 6.50. The molecule has 3 nitrogen and oxygen atoms in total. The molecule has 1 rings (SSSR count). The predicted octanol–water partition coefficient (Wildman–Crippen LogP) is 4.65. The minimum absolute atomic E-state index is 0.133. The van der Waals surface area contributed by atoms with Crippen LogP contribution in [0.15, 0.2) is 18.2 Å². The van der Waals surface area contributed by atoms with Crippen molar-refractivity contribution in [1.29, 1.82) is 0 Å². The van der Waals surface area contributed by atoms with E-state index in [0.29, 0.717) is 24.8 Å². The maximum Gasteiger partial charge on any atom is 0.221 e. The highest BCUT2D eigenvalue weighted by molar-refractivity contribution is 5.76. The molecule has 0 unspecified atom stereocenters. The Morgan fingerprint density at radius 3 is 2.14 bits per heavy atom. The Kier molecular flexibility index (Phi) is 8.00. The van der Waals surface area contributed by atoms with Crippen LogP contribution < -0.4 is 10.6 Å². The maximum absolute atomic E-state index is 11.8. The molecule has 0 saturated heterocycles. The summed E-state index contributed by atoms with van der Waals surface area (Å²) in [4.78, 5) is 11.8. The van der Waals surface area contributed by atoms with Gasteiger partial charge in [-0.2, -0.15) is 0 Å². The number of hydrogen-bond acceptors (Lipinski definition) is 2. The minimum atomic E-state index is 0.133. The van der Waals surface area contributed by atoms with Crippen LogP contribution in [0.25, 0.3) is 0 Å². The number of carbonyl (C=O) groups excluding carboxylic acids is 1. The summed E-state index contributed by atoms with van der Waals surface area (Å²) in [5, 5.41) is 6.47. The zero-order chi connectivity index (χ0) is 16.5. The molecule has 2 N–H and O–H groups in total. The summed E-state index contributed by atoms with van der Waals surface area (Å²) in [6.07, 6.45) is 2.68. The van der Waals surface area contributed by atoms with E-state index in [0.717, 1.165) is 19.4 Å². The van der Waals surface area contributed by atoms with Gasteiger partial charge in [-0.25, -0.2) is 0 Å². The van der Waals surface area contributed by atoms with Crippen molar-refractivity contribution in [2.75, 3.05) is 18.4 Å². The largest absolute Gasteiger partial charge is 0.384 e. The molecule has 0 aromatic heterocycles. The summed E-state index contributed by atoms with van der Waals surface area (Å²) >= 11 is 0. The van der Waals surface area contributed by atoms with E-state index < -0.39 is 0 Å². The Morgan fingerprint density at radius 2 is 1.64 bits per heavy atom. The van der Waals surface area contributed by atoms with Crippen molar-refractivity contribution < 1.29 is 4.79 Å². The number of unbranched alkanes of at least 4 members (excludes halogenated alkanes) is 1. The van der Waals surface area contributed by atoms with Crippen LogP contribution in [0.3, 0.4) is 0 Å². The van der Waals surface area contributed by atoms with Crippen LogP contribution in [0.1, 0.15) is 76.8 Å². The first-order chi connectivity index (χ1) is 10.5. The van der Waals surface area contributed by atoms with E-state index >= 15 is 0 Å². The fraction of sp³-hybridized carbons (Fsp3) is 0.632. The standard InChI is InChI=1S/C19H32N2O/c1-6-7-12-20-18(22)11-13-21-19-16(14(2)3)9-8-10-17(19)15(4)5/h8-10,14-15,21H,6-7,11-13H2,1-5H3,(H,20,22). The molecule has 0 fully saturated rings. The van der Waals surface area contributed by atoms with E-state index in [9.17, 15) is 4.79 Å². The smallest absolute Gasteiger partial charge is 0.221 e. The molecule has 0 aliphatic heterocycles. The zero-order valence-electron chi connectivity index (χ0n) is 14.8. The zero-order valence-corrected chi connectivity index (χ0v) is 14.8. The Bertz CT molecular complexity index is 440. The van der Waals surface area contributed by atoms with Gasteiger partial charge in [-0.15, -0.1) is 0 Å². The van der Waals surface area contributed by atoms with E-state index in [2.05, 4.69) is 63.5 Å². The number of anilines is 1. The van der Waals surface area contributed by atoms with Crippen LogP contribution in [0.4, 0.5) is 5.69 Å². The van der Waals surface area contributed by atoms with Crippen molar-refractivity contribution in [3.63, 3.8) is 0 Å². The molecular weight excluding hydrogens is 272 g/mol. The Hall–Kier alpha value is -1.51. The van der Waals surface area contributed by atoms with Gasteiger partial charge in [0.15, 0.2) is 0 Å². The second-order valence-electron chi connectivity index (χ2n) is 6.50. The average Bonchev–Trinajstić information content (AvgIpc) is 2.47. The number of rotatable bonds is 9. The van der Waals surface area contributed by atoms with Gasteiger partial charge in [-0.1, -0.05) is 59.2 Å². The lowest BCUT2D eigenvalue weighted by atomic mass is 9.92. The number of benzene rings is 1. The van der Waals surface area contributed by atoms with Gasteiger partial charge in [0.2, 0.25) is 5.91 Å². The molecule has 0 aliphatic carbocycles. The van der Waals surface area contributed by atoms with Crippen LogP contribution >= 0.6 is 0 Å². The minimum Gasteiger partial charge on any atom is -0.384 e. The Labute approximate surface area is 135 Å². The molecule has 0 saturated carbocycles. The molecule has 0 radical (unpaired) electrons. The van der Waals surface area contributed by atoms with Gasteiger partial charge in [0.1, 0.15) is 0 Å². The third-order valence-corrected chi connectivity index (χ3v) is 3.88. The third kappa shape index (κ3) is 5.70. The molecular formula is C19H32N2O. The van der Waals surface area contributed by atoms with Crippen LogP contribution in [-0.4, -0.2) is 19.0 Å². The quantitative estimate of drug-likeness (QED) is 0.652. The van der Waals surface area contributed by atoms with Gasteiger partial charge >= 0.3 is 0 Å². The molecule has 1 aromatic carbocycles. The van der Waals surface area contributed by atoms with Crippen molar-refractivity contribution in [2.45, 2.75) is 65.7 Å². The van der Waals surface area contributed by atoms with Crippen molar-refractivity contribution in [1.82, 2.24) is 5.32 Å². The predicted molar refractivity (Wildman–Crippen MR) is 95.6 cm³/mol. The molecule has 0 heterocycles. The fourth-order valence-corrected chi connectivity index (χ4v) is 2.55. The summed E-state index contributed by atoms with van der Waals surface area (Å²) in [6.45, 7) is 12.4. The summed E-state index contributed by atoms with van der Waals surface area (Å²) in [5.41, 5.74) is 3.88. The van der Waals surface area contributed by atoms with Crippen molar-refractivity contribution >= 4 is 11.6 Å². The maximum atomic E-state index is 11.8. The van der Waals surface area contributed by atoms with Crippen LogP contribution in [0.5, 0.6) is 0 Å². The number of para-hydroxylation sites is 1. The molecule has 124 valence electrons. The normalized spacial score (nSPS) is 11.0. The topological polar surface area (TPSA) is 41.1 Å². The second kappa shape index (κ2) is 9.50. The lowest BCUT2D eigenvalue weighted by Gasteiger charge is -2.20. The number of carbonyl (C=O) groups is 1. The summed E-state index contributed by atoms with van der Waals surface area (Å²) < 4.78 is 0. The van der Waals surface area contributed by atoms with E-state index in [-0.39, 0.29) is 5.91 Å². The molecule has 3 heteroatoms. The molecule has 0 aliphatic rings. The van der Waals surface area contributed by atoms with Crippen LogP contribution in [0, 0.1) is 0 Å². The first-order valence-electron chi connectivity index (χ1n) is 8.60. The summed E-state index contributed by atoms with van der Waals surface area (Å²) in [6, 6.07) is 6.49. The highest BCUT2D eigenvalue weighted by Gasteiger charge is 2.13. The van der Waals surface area contributed by atoms with E-state index in [1.54, 1.807) is 0 Å². The molecule has 0 atom stereocenters. The summed E-state index contributed by atoms with van der Waals surface area (Å²) in [7, 11) is 0. The molecule has 22 heavy (non-hydrogen) atoms. The van der Waals surface area contributed by atoms with Crippen LogP contribution in [-0.2, 0) is 4.79 Å². The number of nitrogens with one attached hydrogen (secondary N) is 2. The fourth-order valence-electron chi connectivity index (χ4n) is 2.55. The first kappa shape index (κ1) is 18.5. The van der Waals surface area contributed by atoms with Gasteiger partial charge < -0.3 is 10.6 Å². The highest BCUT2D eigenvalue weighted by Crippen LogP contribution is 2.32. The van der Waals surface area contributed by atoms with Crippen molar-refractivity contribution in [2.24, 2.45) is 0 Å². The van der Waals surface area contributed by atoms with Crippen molar-refractivity contribution in [3.05, 3.63) is 29.3 Å². The lowest BCUT2D eigenvalue weighted by Crippen LogP contribution is -2.26. The summed E-state index contributed by atoms with van der Waals surface area (Å²) in [5.74, 6) is 1.08. The van der Waals surface area contributed by atoms with Crippen LogP contribution in [0.2, 0.25) is 0 Å². The number of hydrogen-bond donors (Lipinski definition) is 2. The highest BCUT2D eigenvalue weighted by atomic mass is 16.1. The third-order valence-electron chi connectivity index (χ3n) is 3.88. The lowest BCUT2D eigenvalue weighted by molar-refractivity contribution is -0.120. The Morgan fingerprint density at radius 1 is 1.05 bits per heavy atom. The van der Waals surface area contributed by atoms with Gasteiger partial charge in [0, 0.05) is 25.2 Å².